The molecule has 0 saturated heterocycles. The Balaban J connectivity index is 2.38. The third-order valence-electron chi connectivity index (χ3n) is 2.63. The number of rotatable bonds is 7. The summed E-state index contributed by atoms with van der Waals surface area (Å²) in [5, 5.41) is 7.33. The lowest BCUT2D eigenvalue weighted by Crippen LogP contribution is -2.09. The summed E-state index contributed by atoms with van der Waals surface area (Å²) in [6.07, 6.45) is 2.65. The van der Waals surface area contributed by atoms with Gasteiger partial charge in [-0.25, -0.2) is 0 Å². The van der Waals surface area contributed by atoms with Crippen molar-refractivity contribution in [2.75, 3.05) is 18.5 Å². The average Bonchev–Trinajstić information content (AvgIpc) is 2.93. The molecule has 0 fully saturated rings. The second-order valence-electron chi connectivity index (χ2n) is 4.18. The van der Waals surface area contributed by atoms with Crippen LogP contribution in [-0.4, -0.2) is 37.9 Å². The van der Waals surface area contributed by atoms with Gasteiger partial charge < -0.3 is 10.1 Å². The van der Waals surface area contributed by atoms with Crippen LogP contribution in [0.1, 0.15) is 27.2 Å². The van der Waals surface area contributed by atoms with Crippen LogP contribution < -0.4 is 10.1 Å². The zero-order valence-corrected chi connectivity index (χ0v) is 12.1. The highest BCUT2D eigenvalue weighted by Crippen LogP contribution is 2.18. The fourth-order valence-electron chi connectivity index (χ4n) is 1.74. The molecule has 20 heavy (non-hydrogen) atoms. The van der Waals surface area contributed by atoms with E-state index in [0.29, 0.717) is 24.4 Å². The Morgan fingerprint density at radius 1 is 1.20 bits per heavy atom. The van der Waals surface area contributed by atoms with Gasteiger partial charge in [0.25, 0.3) is 0 Å². The first-order valence-corrected chi connectivity index (χ1v) is 6.93. The van der Waals surface area contributed by atoms with Crippen molar-refractivity contribution >= 4 is 5.95 Å². The number of ether oxygens (including phenoxy) is 1. The first kappa shape index (κ1) is 14.2. The van der Waals surface area contributed by atoms with Crippen molar-refractivity contribution in [3.63, 3.8) is 0 Å². The van der Waals surface area contributed by atoms with Gasteiger partial charge in [0.05, 0.1) is 6.61 Å². The van der Waals surface area contributed by atoms with Crippen LogP contribution in [0.25, 0.3) is 11.5 Å². The molecule has 0 spiro atoms. The van der Waals surface area contributed by atoms with Crippen LogP contribution in [0.4, 0.5) is 5.95 Å². The number of aryl methyl sites for hydroxylation is 1. The molecule has 0 saturated carbocycles. The van der Waals surface area contributed by atoms with Gasteiger partial charge in [-0.2, -0.15) is 20.1 Å². The first-order chi connectivity index (χ1) is 9.78. The molecule has 0 bridgehead atoms. The van der Waals surface area contributed by atoms with Gasteiger partial charge in [-0.05, 0) is 26.3 Å². The van der Waals surface area contributed by atoms with Crippen molar-refractivity contribution in [3.05, 3.63) is 12.3 Å². The van der Waals surface area contributed by atoms with Gasteiger partial charge in [-0.15, -0.1) is 0 Å². The lowest BCUT2D eigenvalue weighted by atomic mass is 10.4. The van der Waals surface area contributed by atoms with Crippen LogP contribution in [-0.2, 0) is 6.54 Å². The first-order valence-electron chi connectivity index (χ1n) is 6.93. The van der Waals surface area contributed by atoms with Crippen molar-refractivity contribution < 1.29 is 4.74 Å². The van der Waals surface area contributed by atoms with E-state index in [2.05, 4.69) is 25.4 Å². The summed E-state index contributed by atoms with van der Waals surface area (Å²) in [5.41, 5.74) is 0.857. The largest absolute Gasteiger partial charge is 0.463 e. The van der Waals surface area contributed by atoms with E-state index in [0.717, 1.165) is 25.2 Å². The van der Waals surface area contributed by atoms with Crippen LogP contribution in [0.3, 0.4) is 0 Å². The molecule has 0 aromatic carbocycles. The number of nitrogens with zero attached hydrogens (tertiary/aromatic N) is 5. The molecule has 0 unspecified atom stereocenters. The van der Waals surface area contributed by atoms with E-state index < -0.39 is 0 Å². The van der Waals surface area contributed by atoms with Crippen molar-refractivity contribution in [3.8, 4) is 17.5 Å². The van der Waals surface area contributed by atoms with Gasteiger partial charge in [0.2, 0.25) is 5.95 Å². The average molecular weight is 276 g/mol. The molecule has 0 aliphatic heterocycles. The van der Waals surface area contributed by atoms with Gasteiger partial charge in [-0.3, -0.25) is 4.68 Å². The van der Waals surface area contributed by atoms with Crippen molar-refractivity contribution in [1.29, 1.82) is 0 Å². The number of anilines is 1. The molecule has 2 aromatic heterocycles. The van der Waals surface area contributed by atoms with E-state index in [4.69, 9.17) is 4.74 Å². The van der Waals surface area contributed by atoms with E-state index >= 15 is 0 Å². The summed E-state index contributed by atoms with van der Waals surface area (Å²) in [7, 11) is 0. The number of hydrogen-bond donors (Lipinski definition) is 1. The molecule has 0 aliphatic rings. The smallest absolute Gasteiger partial charge is 0.321 e. The highest BCUT2D eigenvalue weighted by Gasteiger charge is 2.12. The van der Waals surface area contributed by atoms with Crippen LogP contribution in [0.5, 0.6) is 6.01 Å². The third kappa shape index (κ3) is 3.23. The molecule has 2 rings (SSSR count). The molecule has 0 amide bonds. The van der Waals surface area contributed by atoms with Crippen LogP contribution >= 0.6 is 0 Å². The summed E-state index contributed by atoms with van der Waals surface area (Å²) in [4.78, 5) is 13.0. The van der Waals surface area contributed by atoms with Crippen LogP contribution in [0, 0.1) is 0 Å². The Bertz CT molecular complexity index is 554. The Kier molecular flexibility index (Phi) is 4.86. The zero-order valence-electron chi connectivity index (χ0n) is 12.1. The second-order valence-corrected chi connectivity index (χ2v) is 4.18. The fraction of sp³-hybridized carbons (Fsp3) is 0.538. The maximum absolute atomic E-state index is 5.52. The summed E-state index contributed by atoms with van der Waals surface area (Å²) < 4.78 is 7.36. The molecule has 7 heteroatoms. The molecular formula is C13H20N6O. The predicted molar refractivity (Wildman–Crippen MR) is 76.7 cm³/mol. The molecular weight excluding hydrogens is 256 g/mol. The lowest BCUT2D eigenvalue weighted by molar-refractivity contribution is 0.292. The summed E-state index contributed by atoms with van der Waals surface area (Å²) in [6, 6.07) is 2.23. The molecule has 0 radical (unpaired) electrons. The standard InChI is InChI=1S/C13H20N6O/c1-4-9-20-13-17-11(16-12(18-13)14-5-2)10-7-8-15-19(10)6-3/h7-8H,4-6,9H2,1-3H3,(H,14,16,17,18). The lowest BCUT2D eigenvalue weighted by Gasteiger charge is -2.09. The second kappa shape index (κ2) is 6.83. The number of aromatic nitrogens is 5. The number of hydrogen-bond acceptors (Lipinski definition) is 6. The van der Waals surface area contributed by atoms with E-state index in [-0.39, 0.29) is 0 Å². The number of nitrogens with one attached hydrogen (secondary N) is 1. The summed E-state index contributed by atoms with van der Waals surface area (Å²) >= 11 is 0. The summed E-state index contributed by atoms with van der Waals surface area (Å²) in [6.45, 7) is 8.14. The minimum atomic E-state index is 0.344. The van der Waals surface area contributed by atoms with E-state index in [1.54, 1.807) is 6.20 Å². The Hall–Kier alpha value is -2.18. The van der Waals surface area contributed by atoms with Crippen molar-refractivity contribution in [2.45, 2.75) is 33.7 Å². The van der Waals surface area contributed by atoms with Crippen molar-refractivity contribution in [2.24, 2.45) is 0 Å². The minimum Gasteiger partial charge on any atom is -0.463 e. The summed E-state index contributed by atoms with van der Waals surface area (Å²) in [5.74, 6) is 1.09. The van der Waals surface area contributed by atoms with Gasteiger partial charge in [-0.1, -0.05) is 6.92 Å². The molecule has 7 nitrogen and oxygen atoms in total. The quantitative estimate of drug-likeness (QED) is 0.833. The molecule has 2 aromatic rings. The topological polar surface area (TPSA) is 77.8 Å². The van der Waals surface area contributed by atoms with Crippen molar-refractivity contribution in [1.82, 2.24) is 24.7 Å². The molecule has 2 heterocycles. The highest BCUT2D eigenvalue weighted by molar-refractivity contribution is 5.51. The normalized spacial score (nSPS) is 10.6. The Morgan fingerprint density at radius 3 is 2.75 bits per heavy atom. The Labute approximate surface area is 118 Å². The van der Waals surface area contributed by atoms with E-state index in [9.17, 15) is 0 Å². The third-order valence-corrected chi connectivity index (χ3v) is 2.63. The van der Waals surface area contributed by atoms with Gasteiger partial charge in [0.1, 0.15) is 5.69 Å². The van der Waals surface area contributed by atoms with Crippen LogP contribution in [0.15, 0.2) is 12.3 Å². The fourth-order valence-corrected chi connectivity index (χ4v) is 1.74. The van der Waals surface area contributed by atoms with Gasteiger partial charge in [0.15, 0.2) is 5.82 Å². The monoisotopic (exact) mass is 276 g/mol. The minimum absolute atomic E-state index is 0.344. The van der Waals surface area contributed by atoms with E-state index in [1.165, 1.54) is 0 Å². The van der Waals surface area contributed by atoms with E-state index in [1.807, 2.05) is 31.5 Å². The highest BCUT2D eigenvalue weighted by atomic mass is 16.5. The van der Waals surface area contributed by atoms with Gasteiger partial charge >= 0.3 is 6.01 Å². The Morgan fingerprint density at radius 2 is 2.05 bits per heavy atom. The maximum atomic E-state index is 5.52. The predicted octanol–water partition coefficient (Wildman–Crippen LogP) is 1.98. The maximum Gasteiger partial charge on any atom is 0.321 e. The molecule has 1 N–H and O–H groups in total. The molecule has 0 aliphatic carbocycles. The van der Waals surface area contributed by atoms with Gasteiger partial charge in [0, 0.05) is 19.3 Å². The zero-order chi connectivity index (χ0) is 14.4. The molecule has 0 atom stereocenters. The SMILES string of the molecule is CCCOc1nc(NCC)nc(-c2ccnn2CC)n1. The molecule has 108 valence electrons. The van der Waals surface area contributed by atoms with Crippen LogP contribution in [0.2, 0.25) is 0 Å².